The van der Waals surface area contributed by atoms with E-state index in [1.165, 1.54) is 25.1 Å². The van der Waals surface area contributed by atoms with Crippen LogP contribution in [0.1, 0.15) is 32.3 Å². The van der Waals surface area contributed by atoms with Crippen molar-refractivity contribution in [2.45, 2.75) is 32.7 Å². The van der Waals surface area contributed by atoms with Crippen molar-refractivity contribution < 1.29 is 17.6 Å². The standard InChI is InChI=1S/C19H23FN2O3S/c1-13(2)15-9-5-7-11-17(15)21-19(23)14(3)22(26(4,24)25)18-12-8-6-10-16(18)20/h5-14H,1-4H3,(H,21,23)/t14-/m1/s1. The molecule has 0 bridgehead atoms. The molecule has 0 spiro atoms. The highest BCUT2D eigenvalue weighted by Crippen LogP contribution is 2.27. The summed E-state index contributed by atoms with van der Waals surface area (Å²) in [6.45, 7) is 5.42. The molecule has 2 rings (SSSR count). The fourth-order valence-electron chi connectivity index (χ4n) is 2.76. The second-order valence-electron chi connectivity index (χ2n) is 6.42. The minimum atomic E-state index is -3.87. The molecule has 26 heavy (non-hydrogen) atoms. The van der Waals surface area contributed by atoms with Gasteiger partial charge in [0.2, 0.25) is 15.9 Å². The van der Waals surface area contributed by atoms with Crippen LogP contribution in [0.2, 0.25) is 0 Å². The zero-order valence-electron chi connectivity index (χ0n) is 15.2. The third-order valence-corrected chi connectivity index (χ3v) is 5.25. The molecule has 0 fully saturated rings. The number of carbonyl (C=O) groups is 1. The minimum Gasteiger partial charge on any atom is -0.324 e. The van der Waals surface area contributed by atoms with Crippen molar-refractivity contribution in [2.75, 3.05) is 15.9 Å². The molecule has 0 saturated heterocycles. The van der Waals surface area contributed by atoms with Gasteiger partial charge in [-0.25, -0.2) is 12.8 Å². The number of sulfonamides is 1. The van der Waals surface area contributed by atoms with Crippen LogP contribution in [-0.2, 0) is 14.8 Å². The maximum absolute atomic E-state index is 14.2. The van der Waals surface area contributed by atoms with Gasteiger partial charge in [-0.3, -0.25) is 9.10 Å². The molecular formula is C19H23FN2O3S. The molecular weight excluding hydrogens is 355 g/mol. The Bertz CT molecular complexity index is 897. The van der Waals surface area contributed by atoms with Crippen LogP contribution in [-0.4, -0.2) is 26.6 Å². The number of hydrogen-bond donors (Lipinski definition) is 1. The third kappa shape index (κ3) is 4.40. The van der Waals surface area contributed by atoms with Gasteiger partial charge in [-0.15, -0.1) is 0 Å². The Morgan fingerprint density at radius 3 is 2.19 bits per heavy atom. The van der Waals surface area contributed by atoms with Gasteiger partial charge in [-0.05, 0) is 36.6 Å². The Hall–Kier alpha value is -2.41. The van der Waals surface area contributed by atoms with Gasteiger partial charge in [-0.2, -0.15) is 0 Å². The van der Waals surface area contributed by atoms with Crippen LogP contribution in [0.4, 0.5) is 15.8 Å². The predicted octanol–water partition coefficient (Wildman–Crippen LogP) is 3.74. The van der Waals surface area contributed by atoms with Gasteiger partial charge in [0.05, 0.1) is 11.9 Å². The second kappa shape index (κ2) is 7.86. The Morgan fingerprint density at radius 2 is 1.62 bits per heavy atom. The molecule has 0 saturated carbocycles. The maximum atomic E-state index is 14.2. The van der Waals surface area contributed by atoms with Crippen molar-refractivity contribution in [2.24, 2.45) is 0 Å². The summed E-state index contributed by atoms with van der Waals surface area (Å²) in [5.41, 5.74) is 1.39. The number of carbonyl (C=O) groups excluding carboxylic acids is 1. The highest BCUT2D eigenvalue weighted by molar-refractivity contribution is 7.92. The third-order valence-electron chi connectivity index (χ3n) is 4.02. The van der Waals surface area contributed by atoms with Crippen molar-refractivity contribution >= 4 is 27.3 Å². The number of para-hydroxylation sites is 2. The van der Waals surface area contributed by atoms with E-state index in [-0.39, 0.29) is 11.6 Å². The van der Waals surface area contributed by atoms with Crippen molar-refractivity contribution in [1.82, 2.24) is 0 Å². The van der Waals surface area contributed by atoms with E-state index in [1.54, 1.807) is 12.1 Å². The number of amides is 1. The highest BCUT2D eigenvalue weighted by Gasteiger charge is 2.31. The van der Waals surface area contributed by atoms with Gasteiger partial charge < -0.3 is 5.32 Å². The van der Waals surface area contributed by atoms with Gasteiger partial charge in [-0.1, -0.05) is 44.2 Å². The lowest BCUT2D eigenvalue weighted by Crippen LogP contribution is -2.45. The van der Waals surface area contributed by atoms with Gasteiger partial charge in [0.15, 0.2) is 0 Å². The molecule has 0 heterocycles. The molecule has 0 unspecified atom stereocenters. The number of rotatable bonds is 6. The first-order valence-electron chi connectivity index (χ1n) is 8.26. The lowest BCUT2D eigenvalue weighted by atomic mass is 10.0. The molecule has 1 atom stereocenters. The van der Waals surface area contributed by atoms with E-state index in [0.717, 1.165) is 22.2 Å². The van der Waals surface area contributed by atoms with E-state index in [2.05, 4.69) is 5.32 Å². The van der Waals surface area contributed by atoms with Crippen molar-refractivity contribution in [1.29, 1.82) is 0 Å². The zero-order chi connectivity index (χ0) is 19.5. The first kappa shape index (κ1) is 19.9. The fourth-order valence-corrected chi connectivity index (χ4v) is 3.94. The lowest BCUT2D eigenvalue weighted by molar-refractivity contribution is -0.116. The highest BCUT2D eigenvalue weighted by atomic mass is 32.2. The van der Waals surface area contributed by atoms with E-state index in [1.807, 2.05) is 26.0 Å². The number of anilines is 2. The molecule has 1 N–H and O–H groups in total. The Kier molecular flexibility index (Phi) is 6.02. The van der Waals surface area contributed by atoms with Crippen LogP contribution in [0.25, 0.3) is 0 Å². The smallest absolute Gasteiger partial charge is 0.248 e. The molecule has 2 aromatic carbocycles. The fraction of sp³-hybridized carbons (Fsp3) is 0.316. The summed E-state index contributed by atoms with van der Waals surface area (Å²) in [6.07, 6.45) is 0.950. The summed E-state index contributed by atoms with van der Waals surface area (Å²) in [6, 6.07) is 11.7. The quantitative estimate of drug-likeness (QED) is 0.833. The normalized spacial score (nSPS) is 12.7. The van der Waals surface area contributed by atoms with Crippen molar-refractivity contribution in [3.05, 3.63) is 59.9 Å². The van der Waals surface area contributed by atoms with Crippen molar-refractivity contribution in [3.63, 3.8) is 0 Å². The average molecular weight is 378 g/mol. The average Bonchev–Trinajstić information content (AvgIpc) is 2.55. The molecule has 7 heteroatoms. The first-order valence-corrected chi connectivity index (χ1v) is 10.1. The summed E-state index contributed by atoms with van der Waals surface area (Å²) in [5, 5.41) is 2.77. The van der Waals surface area contributed by atoms with Crippen LogP contribution < -0.4 is 9.62 Å². The number of halogens is 1. The summed E-state index contributed by atoms with van der Waals surface area (Å²) in [7, 11) is -3.87. The second-order valence-corrected chi connectivity index (χ2v) is 8.28. The largest absolute Gasteiger partial charge is 0.324 e. The van der Waals surface area contributed by atoms with E-state index >= 15 is 0 Å². The maximum Gasteiger partial charge on any atom is 0.248 e. The topological polar surface area (TPSA) is 66.5 Å². The molecule has 140 valence electrons. The predicted molar refractivity (Wildman–Crippen MR) is 102 cm³/mol. The van der Waals surface area contributed by atoms with E-state index in [9.17, 15) is 17.6 Å². The van der Waals surface area contributed by atoms with E-state index in [0.29, 0.717) is 5.69 Å². The van der Waals surface area contributed by atoms with Crippen LogP contribution in [0.3, 0.4) is 0 Å². The van der Waals surface area contributed by atoms with Crippen molar-refractivity contribution in [3.8, 4) is 0 Å². The monoisotopic (exact) mass is 378 g/mol. The SMILES string of the molecule is CC(C)c1ccccc1NC(=O)[C@@H](C)N(c1ccccc1F)S(C)(=O)=O. The minimum absolute atomic E-state index is 0.158. The number of hydrogen-bond acceptors (Lipinski definition) is 3. The number of nitrogens with zero attached hydrogens (tertiary/aromatic N) is 1. The molecule has 0 radical (unpaired) electrons. The molecule has 5 nitrogen and oxygen atoms in total. The lowest BCUT2D eigenvalue weighted by Gasteiger charge is -2.28. The Morgan fingerprint density at radius 1 is 1.04 bits per heavy atom. The number of benzene rings is 2. The van der Waals surface area contributed by atoms with E-state index < -0.39 is 27.8 Å². The Balaban J connectivity index is 2.37. The molecule has 0 aromatic heterocycles. The van der Waals surface area contributed by atoms with Crippen LogP contribution in [0.5, 0.6) is 0 Å². The zero-order valence-corrected chi connectivity index (χ0v) is 16.0. The molecule has 0 aliphatic carbocycles. The summed E-state index contributed by atoms with van der Waals surface area (Å²) < 4.78 is 39.4. The molecule has 0 aliphatic rings. The van der Waals surface area contributed by atoms with Gasteiger partial charge >= 0.3 is 0 Å². The van der Waals surface area contributed by atoms with Crippen LogP contribution in [0, 0.1) is 5.82 Å². The molecule has 1 amide bonds. The molecule has 2 aromatic rings. The van der Waals surface area contributed by atoms with Gasteiger partial charge in [0, 0.05) is 5.69 Å². The first-order chi connectivity index (χ1) is 12.1. The Labute approximate surface area is 153 Å². The van der Waals surface area contributed by atoms with Gasteiger partial charge in [0.25, 0.3) is 0 Å². The summed E-state index contributed by atoms with van der Waals surface area (Å²) >= 11 is 0. The van der Waals surface area contributed by atoms with Crippen LogP contribution >= 0.6 is 0 Å². The van der Waals surface area contributed by atoms with Crippen LogP contribution in [0.15, 0.2) is 48.5 Å². The number of nitrogens with one attached hydrogen (secondary N) is 1. The van der Waals surface area contributed by atoms with Gasteiger partial charge in [0.1, 0.15) is 11.9 Å². The summed E-state index contributed by atoms with van der Waals surface area (Å²) in [5.74, 6) is -1.06. The summed E-state index contributed by atoms with van der Waals surface area (Å²) in [4.78, 5) is 12.7. The molecule has 0 aliphatic heterocycles. The van der Waals surface area contributed by atoms with E-state index in [4.69, 9.17) is 0 Å².